The highest BCUT2D eigenvalue weighted by molar-refractivity contribution is 5.77. The summed E-state index contributed by atoms with van der Waals surface area (Å²) < 4.78 is 10.00. The van der Waals surface area contributed by atoms with Crippen molar-refractivity contribution in [3.05, 3.63) is 0 Å². The van der Waals surface area contributed by atoms with Crippen LogP contribution in [0.4, 0.5) is 4.79 Å². The molecule has 2 atom stereocenters. The van der Waals surface area contributed by atoms with Crippen LogP contribution in [-0.4, -0.2) is 80.5 Å². The predicted molar refractivity (Wildman–Crippen MR) is 72.6 cm³/mol. The lowest BCUT2D eigenvalue weighted by atomic mass is 9.99. The van der Waals surface area contributed by atoms with Crippen LogP contribution in [0.5, 0.6) is 0 Å². The average molecular weight is 288 g/mol. The van der Waals surface area contributed by atoms with Gasteiger partial charge in [-0.3, -0.25) is 4.79 Å². The first-order valence-electron chi connectivity index (χ1n) is 6.75. The Balaban J connectivity index is 2.62. The summed E-state index contributed by atoms with van der Waals surface area (Å²) in [5.41, 5.74) is 0. The van der Waals surface area contributed by atoms with Gasteiger partial charge in [-0.15, -0.1) is 0 Å². The molecule has 2 amide bonds. The largest absolute Gasteiger partial charge is 0.481 e. The van der Waals surface area contributed by atoms with Gasteiger partial charge in [0.2, 0.25) is 0 Å². The van der Waals surface area contributed by atoms with Crippen molar-refractivity contribution in [1.29, 1.82) is 0 Å². The molecule has 0 radical (unpaired) electrons. The van der Waals surface area contributed by atoms with E-state index in [0.29, 0.717) is 32.8 Å². The molecule has 7 nitrogen and oxygen atoms in total. The summed E-state index contributed by atoms with van der Waals surface area (Å²) in [6.45, 7) is 4.45. The second kappa shape index (κ2) is 8.06. The number of carboxylic acid groups (broad SMARTS) is 1. The zero-order chi connectivity index (χ0) is 15.1. The number of carbonyl (C=O) groups is 2. The minimum Gasteiger partial charge on any atom is -0.481 e. The molecule has 0 aromatic carbocycles. The standard InChI is InChI=1S/C13H24N2O5/c1-10-8-15(9-11(10)12(16)17)13(18)14(4-6-19-2)5-7-20-3/h10-11H,4-9H2,1-3H3,(H,16,17)/t10-,11-/m1/s1. The average Bonchev–Trinajstić information content (AvgIpc) is 2.80. The van der Waals surface area contributed by atoms with Gasteiger partial charge < -0.3 is 24.4 Å². The van der Waals surface area contributed by atoms with Gasteiger partial charge >= 0.3 is 12.0 Å². The first-order valence-corrected chi connectivity index (χ1v) is 6.75. The molecule has 7 heteroatoms. The lowest BCUT2D eigenvalue weighted by Gasteiger charge is -2.27. The Kier molecular flexibility index (Phi) is 6.74. The topological polar surface area (TPSA) is 79.3 Å². The zero-order valence-corrected chi connectivity index (χ0v) is 12.4. The number of carboxylic acids is 1. The first-order chi connectivity index (χ1) is 9.51. The van der Waals surface area contributed by atoms with Crippen molar-refractivity contribution in [2.75, 3.05) is 53.6 Å². The van der Waals surface area contributed by atoms with Crippen molar-refractivity contribution >= 4 is 12.0 Å². The van der Waals surface area contributed by atoms with Crippen molar-refractivity contribution < 1.29 is 24.2 Å². The van der Waals surface area contributed by atoms with Gasteiger partial charge in [0.05, 0.1) is 19.1 Å². The Morgan fingerprint density at radius 2 is 1.75 bits per heavy atom. The van der Waals surface area contributed by atoms with Gasteiger partial charge in [-0.05, 0) is 5.92 Å². The molecule has 1 N–H and O–H groups in total. The Morgan fingerprint density at radius 3 is 2.15 bits per heavy atom. The number of aliphatic carboxylic acids is 1. The molecule has 1 rings (SSSR count). The Labute approximate surface area is 119 Å². The number of hydrogen-bond donors (Lipinski definition) is 1. The molecule has 0 aliphatic carbocycles. The number of nitrogens with zero attached hydrogens (tertiary/aromatic N) is 2. The summed E-state index contributed by atoms with van der Waals surface area (Å²) in [4.78, 5) is 26.8. The molecule has 0 aromatic heterocycles. The number of amides is 2. The van der Waals surface area contributed by atoms with E-state index < -0.39 is 11.9 Å². The van der Waals surface area contributed by atoms with Crippen LogP contribution < -0.4 is 0 Å². The Hall–Kier alpha value is -1.34. The summed E-state index contributed by atoms with van der Waals surface area (Å²) in [5.74, 6) is -1.35. The number of urea groups is 1. The molecule has 1 heterocycles. The van der Waals surface area contributed by atoms with Crippen LogP contribution in [0.1, 0.15) is 6.92 Å². The normalized spacial score (nSPS) is 22.1. The quantitative estimate of drug-likeness (QED) is 0.731. The summed E-state index contributed by atoms with van der Waals surface area (Å²) in [6.07, 6.45) is 0. The van der Waals surface area contributed by atoms with E-state index in [1.807, 2.05) is 6.92 Å². The van der Waals surface area contributed by atoms with E-state index >= 15 is 0 Å². The Bertz CT molecular complexity index is 329. The highest BCUT2D eigenvalue weighted by Gasteiger charge is 2.38. The van der Waals surface area contributed by atoms with E-state index in [1.54, 1.807) is 24.0 Å². The smallest absolute Gasteiger partial charge is 0.320 e. The van der Waals surface area contributed by atoms with Gasteiger partial charge in [0.25, 0.3) is 0 Å². The Morgan fingerprint density at radius 1 is 1.20 bits per heavy atom. The van der Waals surface area contributed by atoms with E-state index in [-0.39, 0.29) is 18.5 Å². The minimum absolute atomic E-state index is 0.0249. The van der Waals surface area contributed by atoms with Crippen molar-refractivity contribution in [1.82, 2.24) is 9.80 Å². The third kappa shape index (κ3) is 4.35. The molecule has 0 bridgehead atoms. The van der Waals surface area contributed by atoms with E-state index in [2.05, 4.69) is 0 Å². The molecule has 1 aliphatic rings. The molecule has 1 saturated heterocycles. The third-order valence-corrected chi connectivity index (χ3v) is 3.60. The van der Waals surface area contributed by atoms with E-state index in [4.69, 9.17) is 14.6 Å². The van der Waals surface area contributed by atoms with Gasteiger partial charge in [0.15, 0.2) is 0 Å². The number of carbonyl (C=O) groups excluding carboxylic acids is 1. The molecule has 20 heavy (non-hydrogen) atoms. The fourth-order valence-electron chi connectivity index (χ4n) is 2.35. The molecule has 0 aromatic rings. The molecule has 116 valence electrons. The fraction of sp³-hybridized carbons (Fsp3) is 0.846. The molecule has 0 saturated carbocycles. The number of hydrogen-bond acceptors (Lipinski definition) is 4. The lowest BCUT2D eigenvalue weighted by molar-refractivity contribution is -0.142. The SMILES string of the molecule is COCCN(CCOC)C(=O)N1C[C@@H](C)[C@H](C(=O)O)C1. The van der Waals surface area contributed by atoms with Crippen LogP contribution in [0.15, 0.2) is 0 Å². The van der Waals surface area contributed by atoms with Gasteiger partial charge in [-0.2, -0.15) is 0 Å². The summed E-state index contributed by atoms with van der Waals surface area (Å²) in [5, 5.41) is 9.11. The second-order valence-corrected chi connectivity index (χ2v) is 5.08. The number of ether oxygens (including phenoxy) is 2. The lowest BCUT2D eigenvalue weighted by Crippen LogP contribution is -2.45. The van der Waals surface area contributed by atoms with Crippen LogP contribution >= 0.6 is 0 Å². The monoisotopic (exact) mass is 288 g/mol. The number of rotatable bonds is 7. The molecule has 1 fully saturated rings. The van der Waals surface area contributed by atoms with Gasteiger partial charge in [-0.25, -0.2) is 4.79 Å². The molecule has 0 unspecified atom stereocenters. The second-order valence-electron chi connectivity index (χ2n) is 5.08. The first kappa shape index (κ1) is 16.7. The van der Waals surface area contributed by atoms with Crippen LogP contribution in [0.3, 0.4) is 0 Å². The third-order valence-electron chi connectivity index (χ3n) is 3.60. The number of methoxy groups -OCH3 is 2. The minimum atomic E-state index is -0.840. The highest BCUT2D eigenvalue weighted by Crippen LogP contribution is 2.24. The van der Waals surface area contributed by atoms with Gasteiger partial charge in [0.1, 0.15) is 0 Å². The zero-order valence-electron chi connectivity index (χ0n) is 12.4. The van der Waals surface area contributed by atoms with Gasteiger partial charge in [0, 0.05) is 40.4 Å². The fourth-order valence-corrected chi connectivity index (χ4v) is 2.35. The maximum atomic E-state index is 12.4. The molecular weight excluding hydrogens is 264 g/mol. The van der Waals surface area contributed by atoms with Crippen LogP contribution in [0.2, 0.25) is 0 Å². The summed E-state index contributed by atoms with van der Waals surface area (Å²) in [6, 6.07) is -0.144. The van der Waals surface area contributed by atoms with Crippen molar-refractivity contribution in [2.45, 2.75) is 6.92 Å². The van der Waals surface area contributed by atoms with Crippen LogP contribution in [0, 0.1) is 11.8 Å². The summed E-state index contributed by atoms with van der Waals surface area (Å²) in [7, 11) is 3.16. The van der Waals surface area contributed by atoms with Gasteiger partial charge in [-0.1, -0.05) is 6.92 Å². The maximum absolute atomic E-state index is 12.4. The molecule has 0 spiro atoms. The molecular formula is C13H24N2O5. The van der Waals surface area contributed by atoms with Crippen LogP contribution in [-0.2, 0) is 14.3 Å². The van der Waals surface area contributed by atoms with E-state index in [9.17, 15) is 9.59 Å². The summed E-state index contributed by atoms with van der Waals surface area (Å²) >= 11 is 0. The van der Waals surface area contributed by atoms with Crippen molar-refractivity contribution in [2.24, 2.45) is 11.8 Å². The van der Waals surface area contributed by atoms with E-state index in [1.165, 1.54) is 0 Å². The highest BCUT2D eigenvalue weighted by atomic mass is 16.5. The van der Waals surface area contributed by atoms with Crippen molar-refractivity contribution in [3.63, 3.8) is 0 Å². The van der Waals surface area contributed by atoms with E-state index in [0.717, 1.165) is 0 Å². The maximum Gasteiger partial charge on any atom is 0.320 e. The molecule has 1 aliphatic heterocycles. The van der Waals surface area contributed by atoms with Crippen molar-refractivity contribution in [3.8, 4) is 0 Å². The number of likely N-dealkylation sites (tertiary alicyclic amines) is 1. The van der Waals surface area contributed by atoms with Crippen LogP contribution in [0.25, 0.3) is 0 Å². The predicted octanol–water partition coefficient (Wildman–Crippen LogP) is 0.354.